The van der Waals surface area contributed by atoms with E-state index in [0.717, 1.165) is 23.8 Å². The van der Waals surface area contributed by atoms with Crippen molar-refractivity contribution >= 4 is 11.6 Å². The van der Waals surface area contributed by atoms with Gasteiger partial charge in [-0.3, -0.25) is 4.68 Å². The van der Waals surface area contributed by atoms with Crippen LogP contribution in [-0.2, 0) is 13.0 Å². The molecule has 1 aromatic rings. The molecule has 1 rings (SSSR count). The molecule has 2 nitrogen and oxygen atoms in total. The number of nitrogens with zero attached hydrogens (tertiary/aromatic N) is 2. The second-order valence-corrected chi connectivity index (χ2v) is 2.51. The summed E-state index contributed by atoms with van der Waals surface area (Å²) in [6.45, 7) is 4.94. The third-order valence-corrected chi connectivity index (χ3v) is 1.75. The average molecular weight is 159 g/mol. The van der Waals surface area contributed by atoms with Gasteiger partial charge in [-0.05, 0) is 19.4 Å². The third-order valence-electron chi connectivity index (χ3n) is 1.44. The van der Waals surface area contributed by atoms with Crippen molar-refractivity contribution in [2.24, 2.45) is 0 Å². The maximum atomic E-state index is 5.82. The largest absolute Gasteiger partial charge is 0.254 e. The fourth-order valence-electron chi connectivity index (χ4n) is 0.838. The zero-order valence-electron chi connectivity index (χ0n) is 6.26. The number of aromatic nitrogens is 2. The lowest BCUT2D eigenvalue weighted by Gasteiger charge is -1.93. The highest BCUT2D eigenvalue weighted by atomic mass is 35.5. The van der Waals surface area contributed by atoms with Crippen molar-refractivity contribution in [1.29, 1.82) is 0 Å². The summed E-state index contributed by atoms with van der Waals surface area (Å²) in [5.41, 5.74) is 1.06. The van der Waals surface area contributed by atoms with Crippen LogP contribution in [0.3, 0.4) is 0 Å². The van der Waals surface area contributed by atoms with Crippen molar-refractivity contribution in [3.05, 3.63) is 16.9 Å². The molecule has 0 radical (unpaired) electrons. The van der Waals surface area contributed by atoms with Gasteiger partial charge >= 0.3 is 0 Å². The van der Waals surface area contributed by atoms with E-state index >= 15 is 0 Å². The molecule has 0 aromatic carbocycles. The minimum Gasteiger partial charge on any atom is -0.254 e. The first kappa shape index (κ1) is 7.61. The van der Waals surface area contributed by atoms with Crippen LogP contribution in [0.5, 0.6) is 0 Å². The van der Waals surface area contributed by atoms with Crippen LogP contribution in [0.1, 0.15) is 19.5 Å². The predicted molar refractivity (Wildman–Crippen MR) is 42.3 cm³/mol. The lowest BCUT2D eigenvalue weighted by Crippen LogP contribution is -1.96. The Morgan fingerprint density at radius 3 is 2.60 bits per heavy atom. The van der Waals surface area contributed by atoms with Gasteiger partial charge in [0.25, 0.3) is 0 Å². The molecule has 0 fully saturated rings. The first-order valence-electron chi connectivity index (χ1n) is 3.50. The van der Waals surface area contributed by atoms with E-state index in [9.17, 15) is 0 Å². The van der Waals surface area contributed by atoms with Crippen LogP contribution < -0.4 is 0 Å². The van der Waals surface area contributed by atoms with E-state index in [2.05, 4.69) is 12.0 Å². The standard InChI is InChI=1S/C7H11ClN2/c1-3-6-5-7(8)10(4-2)9-6/h5H,3-4H2,1-2H3. The van der Waals surface area contributed by atoms with Crippen LogP contribution in [0, 0.1) is 0 Å². The van der Waals surface area contributed by atoms with Crippen molar-refractivity contribution in [1.82, 2.24) is 9.78 Å². The molecule has 1 aromatic heterocycles. The highest BCUT2D eigenvalue weighted by Crippen LogP contribution is 2.10. The Kier molecular flexibility index (Phi) is 2.33. The summed E-state index contributed by atoms with van der Waals surface area (Å²) in [5, 5.41) is 4.97. The van der Waals surface area contributed by atoms with E-state index in [1.54, 1.807) is 4.68 Å². The highest BCUT2D eigenvalue weighted by molar-refractivity contribution is 6.29. The van der Waals surface area contributed by atoms with Gasteiger partial charge in [-0.2, -0.15) is 5.10 Å². The second-order valence-electron chi connectivity index (χ2n) is 2.13. The zero-order valence-corrected chi connectivity index (χ0v) is 7.02. The van der Waals surface area contributed by atoms with Gasteiger partial charge in [0.2, 0.25) is 0 Å². The molecule has 0 amide bonds. The van der Waals surface area contributed by atoms with Gasteiger partial charge in [-0.1, -0.05) is 18.5 Å². The molecule has 0 aliphatic rings. The molecule has 0 unspecified atom stereocenters. The van der Waals surface area contributed by atoms with Crippen molar-refractivity contribution < 1.29 is 0 Å². The van der Waals surface area contributed by atoms with E-state index in [0.29, 0.717) is 0 Å². The number of aryl methyl sites for hydroxylation is 2. The molecule has 1 heterocycles. The first-order chi connectivity index (χ1) is 4.77. The van der Waals surface area contributed by atoms with Crippen molar-refractivity contribution in [3.8, 4) is 0 Å². The lowest BCUT2D eigenvalue weighted by atomic mass is 10.3. The van der Waals surface area contributed by atoms with Crippen molar-refractivity contribution in [2.45, 2.75) is 26.8 Å². The molecular weight excluding hydrogens is 148 g/mol. The summed E-state index contributed by atoms with van der Waals surface area (Å²) < 4.78 is 1.79. The molecule has 10 heavy (non-hydrogen) atoms. The topological polar surface area (TPSA) is 17.8 Å². The smallest absolute Gasteiger partial charge is 0.127 e. The molecule has 0 saturated heterocycles. The summed E-state index contributed by atoms with van der Waals surface area (Å²) >= 11 is 5.82. The highest BCUT2D eigenvalue weighted by Gasteiger charge is 2.00. The second kappa shape index (κ2) is 3.06. The maximum absolute atomic E-state index is 5.82. The van der Waals surface area contributed by atoms with Gasteiger partial charge in [-0.25, -0.2) is 0 Å². The van der Waals surface area contributed by atoms with Crippen molar-refractivity contribution in [2.75, 3.05) is 0 Å². The van der Waals surface area contributed by atoms with Crippen LogP contribution in [-0.4, -0.2) is 9.78 Å². The van der Waals surface area contributed by atoms with Crippen molar-refractivity contribution in [3.63, 3.8) is 0 Å². The fraction of sp³-hybridized carbons (Fsp3) is 0.571. The molecule has 0 atom stereocenters. The van der Waals surface area contributed by atoms with Gasteiger partial charge in [0.05, 0.1) is 5.69 Å². The van der Waals surface area contributed by atoms with Gasteiger partial charge in [0.15, 0.2) is 0 Å². The number of hydrogen-bond donors (Lipinski definition) is 0. The van der Waals surface area contributed by atoms with E-state index in [1.165, 1.54) is 0 Å². The maximum Gasteiger partial charge on any atom is 0.127 e. The summed E-state index contributed by atoms with van der Waals surface area (Å²) in [6.07, 6.45) is 0.951. The molecule has 0 aliphatic heterocycles. The third kappa shape index (κ3) is 1.32. The number of halogens is 1. The van der Waals surface area contributed by atoms with E-state index in [-0.39, 0.29) is 0 Å². The summed E-state index contributed by atoms with van der Waals surface area (Å²) in [6, 6.07) is 1.91. The Hall–Kier alpha value is -0.500. The Labute approximate surface area is 65.8 Å². The quantitative estimate of drug-likeness (QED) is 0.645. The lowest BCUT2D eigenvalue weighted by molar-refractivity contribution is 0.649. The first-order valence-corrected chi connectivity index (χ1v) is 3.88. The van der Waals surface area contributed by atoms with Crippen LogP contribution in [0.25, 0.3) is 0 Å². The average Bonchev–Trinajstić information content (AvgIpc) is 2.30. The number of rotatable bonds is 2. The van der Waals surface area contributed by atoms with E-state index in [1.807, 2.05) is 13.0 Å². The fourth-order valence-corrected chi connectivity index (χ4v) is 1.12. The van der Waals surface area contributed by atoms with E-state index < -0.39 is 0 Å². The molecule has 56 valence electrons. The zero-order chi connectivity index (χ0) is 7.56. The summed E-state index contributed by atoms with van der Waals surface area (Å²) in [4.78, 5) is 0. The monoisotopic (exact) mass is 158 g/mol. The Bertz CT molecular complexity index is 217. The molecule has 0 aliphatic carbocycles. The molecule has 0 saturated carbocycles. The molecule has 0 spiro atoms. The Morgan fingerprint density at radius 2 is 2.30 bits per heavy atom. The Morgan fingerprint density at radius 1 is 1.60 bits per heavy atom. The SMILES string of the molecule is CCc1cc(Cl)n(CC)n1. The van der Waals surface area contributed by atoms with Crippen LogP contribution in [0.2, 0.25) is 5.15 Å². The molecule has 3 heteroatoms. The number of hydrogen-bond acceptors (Lipinski definition) is 1. The van der Waals surface area contributed by atoms with Gasteiger partial charge in [-0.15, -0.1) is 0 Å². The summed E-state index contributed by atoms with van der Waals surface area (Å²) in [7, 11) is 0. The molecule has 0 N–H and O–H groups in total. The minimum absolute atomic E-state index is 0.736. The normalized spacial score (nSPS) is 10.3. The minimum atomic E-state index is 0.736. The Balaban J connectivity index is 2.92. The molecular formula is C7H11ClN2. The van der Waals surface area contributed by atoms with Crippen LogP contribution >= 0.6 is 11.6 Å². The van der Waals surface area contributed by atoms with Gasteiger partial charge < -0.3 is 0 Å². The van der Waals surface area contributed by atoms with Gasteiger partial charge in [0, 0.05) is 6.54 Å². The predicted octanol–water partition coefficient (Wildman–Crippen LogP) is 2.12. The van der Waals surface area contributed by atoms with E-state index in [4.69, 9.17) is 11.6 Å². The van der Waals surface area contributed by atoms with Crippen LogP contribution in [0.15, 0.2) is 6.07 Å². The van der Waals surface area contributed by atoms with Gasteiger partial charge in [0.1, 0.15) is 5.15 Å². The molecule has 0 bridgehead atoms. The van der Waals surface area contributed by atoms with Crippen LogP contribution in [0.4, 0.5) is 0 Å². The summed E-state index contributed by atoms with van der Waals surface area (Å²) in [5.74, 6) is 0.